The summed E-state index contributed by atoms with van der Waals surface area (Å²) in [6, 6.07) is 14.0. The molecular formula is C21H17ClFN3O2. The molecule has 0 aliphatic carbocycles. The van der Waals surface area contributed by atoms with Crippen molar-refractivity contribution in [2.75, 3.05) is 10.6 Å². The van der Waals surface area contributed by atoms with E-state index in [1.807, 2.05) is 26.0 Å². The van der Waals surface area contributed by atoms with E-state index in [0.717, 1.165) is 17.2 Å². The number of aryl methyl sites for hydroxylation is 1. The van der Waals surface area contributed by atoms with Crippen molar-refractivity contribution >= 4 is 34.8 Å². The third-order valence-electron chi connectivity index (χ3n) is 4.24. The lowest BCUT2D eigenvalue weighted by Crippen LogP contribution is -2.19. The minimum atomic E-state index is -0.581. The second kappa shape index (κ2) is 8.19. The SMILES string of the molecule is Cc1cccc(NC(=O)c2cccc(C(=O)Nc3ccc(F)c(Cl)c3)n2)c1C. The Kier molecular flexibility index (Phi) is 5.70. The fourth-order valence-corrected chi connectivity index (χ4v) is 2.71. The van der Waals surface area contributed by atoms with Crippen LogP contribution in [-0.2, 0) is 0 Å². The summed E-state index contributed by atoms with van der Waals surface area (Å²) in [6.45, 7) is 3.87. The largest absolute Gasteiger partial charge is 0.321 e. The molecule has 0 fully saturated rings. The van der Waals surface area contributed by atoms with Crippen molar-refractivity contribution in [2.45, 2.75) is 13.8 Å². The Morgan fingerprint density at radius 2 is 1.57 bits per heavy atom. The van der Waals surface area contributed by atoms with Gasteiger partial charge in [-0.1, -0.05) is 29.8 Å². The minimum absolute atomic E-state index is 0.0501. The number of carbonyl (C=O) groups excluding carboxylic acids is 2. The maximum absolute atomic E-state index is 13.2. The molecule has 3 rings (SSSR count). The van der Waals surface area contributed by atoms with Gasteiger partial charge in [0.2, 0.25) is 0 Å². The number of benzene rings is 2. The molecule has 0 radical (unpaired) electrons. The molecule has 5 nitrogen and oxygen atoms in total. The van der Waals surface area contributed by atoms with Gasteiger partial charge in [-0.05, 0) is 61.4 Å². The van der Waals surface area contributed by atoms with Gasteiger partial charge in [-0.15, -0.1) is 0 Å². The summed E-state index contributed by atoms with van der Waals surface area (Å²) < 4.78 is 13.2. The predicted octanol–water partition coefficient (Wildman–Crippen LogP) is 5.00. The third kappa shape index (κ3) is 4.35. The highest BCUT2D eigenvalue weighted by Gasteiger charge is 2.14. The van der Waals surface area contributed by atoms with E-state index < -0.39 is 17.6 Å². The van der Waals surface area contributed by atoms with Crippen LogP contribution in [0.3, 0.4) is 0 Å². The zero-order valence-electron chi connectivity index (χ0n) is 15.2. The van der Waals surface area contributed by atoms with Crippen molar-refractivity contribution in [1.82, 2.24) is 4.98 Å². The van der Waals surface area contributed by atoms with E-state index in [1.54, 1.807) is 12.1 Å². The molecule has 2 N–H and O–H groups in total. The topological polar surface area (TPSA) is 71.1 Å². The van der Waals surface area contributed by atoms with E-state index in [2.05, 4.69) is 15.6 Å². The van der Waals surface area contributed by atoms with Gasteiger partial charge in [0.05, 0.1) is 5.02 Å². The van der Waals surface area contributed by atoms with Crippen molar-refractivity contribution in [2.24, 2.45) is 0 Å². The quantitative estimate of drug-likeness (QED) is 0.651. The summed E-state index contributed by atoms with van der Waals surface area (Å²) in [7, 11) is 0. The van der Waals surface area contributed by atoms with Gasteiger partial charge in [0.1, 0.15) is 17.2 Å². The number of hydrogen-bond acceptors (Lipinski definition) is 3. The number of aromatic nitrogens is 1. The molecule has 0 saturated heterocycles. The van der Waals surface area contributed by atoms with Crippen LogP contribution in [0.15, 0.2) is 54.6 Å². The summed E-state index contributed by atoms with van der Waals surface area (Å²) in [5, 5.41) is 5.27. The lowest BCUT2D eigenvalue weighted by Gasteiger charge is -2.11. The highest BCUT2D eigenvalue weighted by molar-refractivity contribution is 6.31. The maximum Gasteiger partial charge on any atom is 0.274 e. The molecule has 0 atom stereocenters. The van der Waals surface area contributed by atoms with Gasteiger partial charge in [-0.25, -0.2) is 9.37 Å². The predicted molar refractivity (Wildman–Crippen MR) is 107 cm³/mol. The molecule has 2 aromatic carbocycles. The van der Waals surface area contributed by atoms with Gasteiger partial charge >= 0.3 is 0 Å². The highest BCUT2D eigenvalue weighted by Crippen LogP contribution is 2.20. The van der Waals surface area contributed by atoms with Gasteiger partial charge in [0.15, 0.2) is 0 Å². The molecule has 142 valence electrons. The van der Waals surface area contributed by atoms with Crippen molar-refractivity contribution in [3.05, 3.63) is 88.0 Å². The van der Waals surface area contributed by atoms with Crippen LogP contribution in [-0.4, -0.2) is 16.8 Å². The smallest absolute Gasteiger partial charge is 0.274 e. The number of pyridine rings is 1. The third-order valence-corrected chi connectivity index (χ3v) is 4.53. The van der Waals surface area contributed by atoms with Crippen molar-refractivity contribution < 1.29 is 14.0 Å². The van der Waals surface area contributed by atoms with Crippen molar-refractivity contribution in [1.29, 1.82) is 0 Å². The van der Waals surface area contributed by atoms with Crippen molar-refractivity contribution in [3.8, 4) is 0 Å². The van der Waals surface area contributed by atoms with E-state index in [1.165, 1.54) is 24.3 Å². The number of carbonyl (C=O) groups is 2. The van der Waals surface area contributed by atoms with Crippen molar-refractivity contribution in [3.63, 3.8) is 0 Å². The minimum Gasteiger partial charge on any atom is -0.321 e. The molecule has 0 bridgehead atoms. The molecule has 0 aliphatic heterocycles. The lowest BCUT2D eigenvalue weighted by molar-refractivity contribution is 0.101. The molecule has 2 amide bonds. The Bertz CT molecular complexity index is 1070. The molecule has 1 heterocycles. The van der Waals surface area contributed by atoms with Crippen LogP contribution in [0.5, 0.6) is 0 Å². The van der Waals surface area contributed by atoms with Crippen LogP contribution in [0.4, 0.5) is 15.8 Å². The normalized spacial score (nSPS) is 10.4. The average molecular weight is 398 g/mol. The Hall–Kier alpha value is -3.25. The van der Waals surface area contributed by atoms with E-state index >= 15 is 0 Å². The molecule has 0 unspecified atom stereocenters. The van der Waals surface area contributed by atoms with Crippen LogP contribution in [0.2, 0.25) is 5.02 Å². The highest BCUT2D eigenvalue weighted by atomic mass is 35.5. The molecule has 0 aliphatic rings. The second-order valence-electron chi connectivity index (χ2n) is 6.19. The molecule has 3 aromatic rings. The van der Waals surface area contributed by atoms with Gasteiger partial charge in [-0.3, -0.25) is 9.59 Å². The zero-order chi connectivity index (χ0) is 20.3. The first-order valence-electron chi connectivity index (χ1n) is 8.46. The maximum atomic E-state index is 13.2. The standard InChI is InChI=1S/C21H17ClFN3O2/c1-12-5-3-6-17(13(12)2)26-21(28)19-8-4-7-18(25-19)20(27)24-14-9-10-16(23)15(22)11-14/h3-11H,1-2H3,(H,24,27)(H,26,28). The Morgan fingerprint density at radius 1 is 0.929 bits per heavy atom. The fourth-order valence-electron chi connectivity index (χ4n) is 2.53. The first kappa shape index (κ1) is 19.5. The van der Waals surface area contributed by atoms with E-state index in [9.17, 15) is 14.0 Å². The van der Waals surface area contributed by atoms with Crippen LogP contribution in [0.1, 0.15) is 32.1 Å². The van der Waals surface area contributed by atoms with Crippen LogP contribution >= 0.6 is 11.6 Å². The molecule has 0 saturated carbocycles. The Labute approximate surface area is 166 Å². The second-order valence-corrected chi connectivity index (χ2v) is 6.60. The molecule has 0 spiro atoms. The first-order valence-corrected chi connectivity index (χ1v) is 8.84. The van der Waals surface area contributed by atoms with Gasteiger partial charge in [0.25, 0.3) is 11.8 Å². The Morgan fingerprint density at radius 3 is 2.25 bits per heavy atom. The number of anilines is 2. The fraction of sp³-hybridized carbons (Fsp3) is 0.0952. The molecular weight excluding hydrogens is 381 g/mol. The number of amides is 2. The summed E-state index contributed by atoms with van der Waals surface area (Å²) in [4.78, 5) is 29.1. The van der Waals surface area contributed by atoms with Gasteiger partial charge < -0.3 is 10.6 Å². The van der Waals surface area contributed by atoms with Crippen LogP contribution < -0.4 is 10.6 Å². The molecule has 1 aromatic heterocycles. The van der Waals surface area contributed by atoms with Crippen LogP contribution in [0.25, 0.3) is 0 Å². The number of nitrogens with zero attached hydrogens (tertiary/aromatic N) is 1. The number of hydrogen-bond donors (Lipinski definition) is 2. The monoisotopic (exact) mass is 397 g/mol. The summed E-state index contributed by atoms with van der Waals surface area (Å²) >= 11 is 5.72. The average Bonchev–Trinajstić information content (AvgIpc) is 2.68. The number of nitrogens with one attached hydrogen (secondary N) is 2. The summed E-state index contributed by atoms with van der Waals surface area (Å²) in [5.74, 6) is -1.54. The van der Waals surface area contributed by atoms with E-state index in [-0.39, 0.29) is 16.4 Å². The van der Waals surface area contributed by atoms with Gasteiger partial charge in [-0.2, -0.15) is 0 Å². The van der Waals surface area contributed by atoms with Gasteiger partial charge in [0, 0.05) is 11.4 Å². The lowest BCUT2D eigenvalue weighted by atomic mass is 10.1. The number of rotatable bonds is 4. The first-order chi connectivity index (χ1) is 13.3. The Balaban J connectivity index is 1.77. The summed E-state index contributed by atoms with van der Waals surface area (Å²) in [6.07, 6.45) is 0. The zero-order valence-corrected chi connectivity index (χ0v) is 16.0. The van der Waals surface area contributed by atoms with Crippen LogP contribution in [0, 0.1) is 19.7 Å². The number of halogens is 2. The molecule has 7 heteroatoms. The summed E-state index contributed by atoms with van der Waals surface area (Å²) in [5.41, 5.74) is 3.17. The van der Waals surface area contributed by atoms with E-state index in [4.69, 9.17) is 11.6 Å². The molecule has 28 heavy (non-hydrogen) atoms. The van der Waals surface area contributed by atoms with E-state index in [0.29, 0.717) is 11.4 Å².